The number of anilines is 1. The Morgan fingerprint density at radius 1 is 1.19 bits per heavy atom. The molecule has 1 heterocycles. The Bertz CT molecular complexity index is 1070. The summed E-state index contributed by atoms with van der Waals surface area (Å²) >= 11 is 8.96. The smallest absolute Gasteiger partial charge is 0.342 e. The van der Waals surface area contributed by atoms with Crippen molar-refractivity contribution in [2.24, 2.45) is 0 Å². The van der Waals surface area contributed by atoms with Gasteiger partial charge in [-0.2, -0.15) is 0 Å². The van der Waals surface area contributed by atoms with Crippen molar-refractivity contribution >= 4 is 46.5 Å². The van der Waals surface area contributed by atoms with Gasteiger partial charge < -0.3 is 24.0 Å². The van der Waals surface area contributed by atoms with Crippen molar-refractivity contribution in [1.82, 2.24) is 0 Å². The maximum atomic E-state index is 13.5. The maximum Gasteiger partial charge on any atom is 0.342 e. The minimum atomic E-state index is -0.675. The van der Waals surface area contributed by atoms with Crippen LogP contribution in [0.5, 0.6) is 5.75 Å². The van der Waals surface area contributed by atoms with Gasteiger partial charge in [-0.25, -0.2) is 9.18 Å². The monoisotopic (exact) mass is 497 g/mol. The summed E-state index contributed by atoms with van der Waals surface area (Å²) in [6.07, 6.45) is -0.582. The van der Waals surface area contributed by atoms with Gasteiger partial charge in [-0.05, 0) is 47.8 Å². The molecule has 1 aromatic heterocycles. The zero-order valence-electron chi connectivity index (χ0n) is 17.3. The summed E-state index contributed by atoms with van der Waals surface area (Å²) in [5, 5.41) is 10.3. The number of phenolic OH excluding ortho intramolecular Hbond substituents is 1. The number of benzene rings is 2. The second-order valence-electron chi connectivity index (χ2n) is 6.64. The Balaban J connectivity index is 1.65. The van der Waals surface area contributed by atoms with Crippen LogP contribution in [0.4, 0.5) is 10.1 Å². The molecule has 0 aliphatic heterocycles. The summed E-state index contributed by atoms with van der Waals surface area (Å²) in [6, 6.07) is 12.6. The molecule has 6 nitrogen and oxygen atoms in total. The number of aromatic hydroxyl groups is 1. The fourth-order valence-electron chi connectivity index (χ4n) is 2.83. The van der Waals surface area contributed by atoms with Gasteiger partial charge in [0.1, 0.15) is 27.6 Å². The van der Waals surface area contributed by atoms with Crippen molar-refractivity contribution in [2.45, 2.75) is 10.3 Å². The van der Waals surface area contributed by atoms with E-state index in [1.807, 2.05) is 6.07 Å². The van der Waals surface area contributed by atoms with E-state index in [0.29, 0.717) is 15.6 Å². The Morgan fingerprint density at radius 3 is 2.59 bits per heavy atom. The number of thiophene rings is 1. The van der Waals surface area contributed by atoms with Crippen molar-refractivity contribution in [3.63, 3.8) is 0 Å². The third-order valence-electron chi connectivity index (χ3n) is 4.27. The number of carbonyl (C=O) groups excluding carboxylic acids is 1. The molecule has 3 aromatic rings. The normalized spacial score (nSPS) is 11.0. The first-order valence-corrected chi connectivity index (χ1v) is 11.4. The molecule has 170 valence electrons. The van der Waals surface area contributed by atoms with Gasteiger partial charge in [0.05, 0.1) is 17.4 Å². The van der Waals surface area contributed by atoms with Crippen LogP contribution < -0.4 is 4.72 Å². The molecular weight excluding hydrogens is 477 g/mol. The van der Waals surface area contributed by atoms with Crippen molar-refractivity contribution in [3.8, 4) is 16.9 Å². The predicted molar refractivity (Wildman–Crippen MR) is 125 cm³/mol. The molecule has 0 unspecified atom stereocenters. The molecule has 10 heteroatoms. The molecule has 2 aromatic carbocycles. The average molecular weight is 498 g/mol. The number of hydrogen-bond donors (Lipinski definition) is 2. The molecule has 0 saturated carbocycles. The Kier molecular flexibility index (Phi) is 8.77. The highest BCUT2D eigenvalue weighted by Crippen LogP contribution is 2.40. The summed E-state index contributed by atoms with van der Waals surface area (Å²) in [6.45, 7) is 0.356. The first kappa shape index (κ1) is 24.3. The van der Waals surface area contributed by atoms with Crippen LogP contribution in [0.2, 0.25) is 4.34 Å². The molecule has 0 fully saturated rings. The Morgan fingerprint density at radius 2 is 1.94 bits per heavy atom. The number of esters is 1. The summed E-state index contributed by atoms with van der Waals surface area (Å²) in [7, 11) is 2.99. The molecule has 0 aliphatic carbocycles. The molecule has 0 aliphatic rings. The van der Waals surface area contributed by atoms with E-state index < -0.39 is 12.1 Å². The number of halogens is 2. The predicted octanol–water partition coefficient (Wildman–Crippen LogP) is 5.85. The third-order valence-corrected chi connectivity index (χ3v) is 6.58. The lowest BCUT2D eigenvalue weighted by molar-refractivity contribution is -0.0225. The highest BCUT2D eigenvalue weighted by atomic mass is 35.5. The SMILES string of the molecule is COCC(COC)OC(=O)c1ccc(NSc2cc(-c3cccc(F)c3)c(Cl)s2)cc1O. The zero-order valence-corrected chi connectivity index (χ0v) is 19.7. The van der Waals surface area contributed by atoms with Gasteiger partial charge >= 0.3 is 5.97 Å². The molecular formula is C22H21ClFNO5S2. The second-order valence-corrected chi connectivity index (χ2v) is 9.40. The van der Waals surface area contributed by atoms with E-state index in [0.717, 1.165) is 9.77 Å². The third kappa shape index (κ3) is 6.36. The van der Waals surface area contributed by atoms with E-state index in [2.05, 4.69) is 4.72 Å². The summed E-state index contributed by atoms with van der Waals surface area (Å²) in [5.41, 5.74) is 2.04. The van der Waals surface area contributed by atoms with Crippen molar-refractivity contribution in [3.05, 3.63) is 64.2 Å². The van der Waals surface area contributed by atoms with E-state index in [9.17, 15) is 14.3 Å². The molecule has 0 spiro atoms. The van der Waals surface area contributed by atoms with Gasteiger partial charge in [0.25, 0.3) is 0 Å². The molecule has 0 amide bonds. The Labute approximate surface area is 198 Å². The lowest BCUT2D eigenvalue weighted by Crippen LogP contribution is -2.27. The quantitative estimate of drug-likeness (QED) is 0.269. The van der Waals surface area contributed by atoms with Gasteiger partial charge in [0.15, 0.2) is 0 Å². The summed E-state index contributed by atoms with van der Waals surface area (Å²) < 4.78 is 33.3. The number of phenols is 1. The number of carbonyl (C=O) groups is 1. The van der Waals surface area contributed by atoms with E-state index in [1.165, 1.54) is 61.8 Å². The number of ether oxygens (including phenoxy) is 3. The van der Waals surface area contributed by atoms with Gasteiger partial charge in [-0.15, -0.1) is 11.3 Å². The maximum absolute atomic E-state index is 13.5. The first-order chi connectivity index (χ1) is 15.4. The minimum absolute atomic E-state index is 0.0327. The second kappa shape index (κ2) is 11.5. The zero-order chi connectivity index (χ0) is 23.1. The van der Waals surface area contributed by atoms with E-state index in [4.69, 9.17) is 25.8 Å². The minimum Gasteiger partial charge on any atom is -0.507 e. The first-order valence-electron chi connectivity index (χ1n) is 9.41. The molecule has 32 heavy (non-hydrogen) atoms. The fraction of sp³-hybridized carbons (Fsp3) is 0.227. The number of hydrogen-bond acceptors (Lipinski definition) is 8. The van der Waals surface area contributed by atoms with Gasteiger partial charge in [-0.3, -0.25) is 0 Å². The molecule has 0 saturated heterocycles. The van der Waals surface area contributed by atoms with E-state index in [-0.39, 0.29) is 30.3 Å². The molecule has 0 bridgehead atoms. The summed E-state index contributed by atoms with van der Waals surface area (Å²) in [4.78, 5) is 12.4. The van der Waals surface area contributed by atoms with Crippen LogP contribution in [0.1, 0.15) is 10.4 Å². The molecule has 3 rings (SSSR count). The number of nitrogens with one attached hydrogen (secondary N) is 1. The van der Waals surface area contributed by atoms with Crippen LogP contribution in [0.25, 0.3) is 11.1 Å². The number of methoxy groups -OCH3 is 2. The van der Waals surface area contributed by atoms with Crippen molar-refractivity contribution < 1.29 is 28.5 Å². The topological polar surface area (TPSA) is 77.0 Å². The standard InChI is InChI=1S/C22H21ClFNO5S2/c1-28-11-16(12-29-2)30-22(27)17-7-6-15(9-19(17)26)25-32-20-10-18(21(23)31-20)13-4-3-5-14(24)8-13/h3-10,16,25-26H,11-12H2,1-2H3. The van der Waals surface area contributed by atoms with Crippen LogP contribution in [0.3, 0.4) is 0 Å². The lowest BCUT2D eigenvalue weighted by atomic mass is 10.1. The Hall–Kier alpha value is -2.30. The molecule has 2 N–H and O–H groups in total. The van der Waals surface area contributed by atoms with Crippen molar-refractivity contribution in [1.29, 1.82) is 0 Å². The van der Waals surface area contributed by atoms with Crippen molar-refractivity contribution in [2.75, 3.05) is 32.2 Å². The largest absolute Gasteiger partial charge is 0.507 e. The van der Waals surface area contributed by atoms with Crippen LogP contribution in [0.15, 0.2) is 52.7 Å². The summed E-state index contributed by atoms with van der Waals surface area (Å²) in [5.74, 6) is -1.23. The van der Waals surface area contributed by atoms with Gasteiger partial charge in [-0.1, -0.05) is 23.7 Å². The lowest BCUT2D eigenvalue weighted by Gasteiger charge is -2.16. The van der Waals surface area contributed by atoms with Gasteiger partial charge in [0.2, 0.25) is 0 Å². The molecule has 0 radical (unpaired) electrons. The van der Waals surface area contributed by atoms with Crippen LogP contribution >= 0.6 is 34.9 Å². The fourth-order valence-corrected chi connectivity index (χ4v) is 5.08. The van der Waals surface area contributed by atoms with Crippen LogP contribution in [-0.2, 0) is 14.2 Å². The molecule has 0 atom stereocenters. The van der Waals surface area contributed by atoms with E-state index in [1.54, 1.807) is 18.2 Å². The number of rotatable bonds is 10. The highest BCUT2D eigenvalue weighted by molar-refractivity contribution is 8.02. The van der Waals surface area contributed by atoms with Gasteiger partial charge in [0, 0.05) is 31.5 Å². The highest BCUT2D eigenvalue weighted by Gasteiger charge is 2.19. The van der Waals surface area contributed by atoms with Crippen LogP contribution in [-0.4, -0.2) is 44.6 Å². The van der Waals surface area contributed by atoms with E-state index >= 15 is 0 Å². The van der Waals surface area contributed by atoms with Crippen LogP contribution in [0, 0.1) is 5.82 Å². The average Bonchev–Trinajstić information content (AvgIpc) is 3.13.